The zero-order valence-electron chi connectivity index (χ0n) is 14.4. The Labute approximate surface area is 155 Å². The third-order valence-corrected chi connectivity index (χ3v) is 3.53. The van der Waals surface area contributed by atoms with Gasteiger partial charge in [-0.15, -0.1) is 0 Å². The summed E-state index contributed by atoms with van der Waals surface area (Å²) in [5.74, 6) is -2.24. The normalized spacial score (nSPS) is 10.4. The van der Waals surface area contributed by atoms with Crippen LogP contribution in [-0.4, -0.2) is 45.6 Å². The molecule has 2 aromatic carbocycles. The summed E-state index contributed by atoms with van der Waals surface area (Å²) in [6.07, 6.45) is 1.72. The van der Waals surface area contributed by atoms with Crippen molar-refractivity contribution in [3.63, 3.8) is 0 Å². The fraction of sp³-hybridized carbons (Fsp3) is 0.263. The number of ether oxygens (including phenoxy) is 2. The quantitative estimate of drug-likeness (QED) is 0.408. The molecule has 8 heteroatoms. The van der Waals surface area contributed by atoms with Crippen LogP contribution in [0.15, 0.2) is 36.4 Å². The maximum Gasteiger partial charge on any atom is 0.338 e. The minimum Gasteiger partial charge on any atom is -0.508 e. The molecule has 0 amide bonds. The molecule has 0 unspecified atom stereocenters. The SMILES string of the molecule is O=C(OCCCCCOC(=O)c1cc(O)cc(O)c1)c1cc(O)cc(O)c1. The van der Waals surface area contributed by atoms with Crippen molar-refractivity contribution in [3.8, 4) is 23.0 Å². The topological polar surface area (TPSA) is 134 Å². The summed E-state index contributed by atoms with van der Waals surface area (Å²) in [5.41, 5.74) is 0.103. The van der Waals surface area contributed by atoms with E-state index in [0.717, 1.165) is 12.1 Å². The highest BCUT2D eigenvalue weighted by Gasteiger charge is 2.11. The first-order valence-corrected chi connectivity index (χ1v) is 8.25. The predicted octanol–water partition coefficient (Wildman–Crippen LogP) is 2.69. The summed E-state index contributed by atoms with van der Waals surface area (Å²) >= 11 is 0. The lowest BCUT2D eigenvalue weighted by Gasteiger charge is -2.07. The van der Waals surface area contributed by atoms with E-state index in [9.17, 15) is 30.0 Å². The molecule has 0 saturated carbocycles. The second-order valence-corrected chi connectivity index (χ2v) is 5.81. The molecule has 0 spiro atoms. The summed E-state index contributed by atoms with van der Waals surface area (Å²) in [6.45, 7) is 0.285. The molecule has 0 heterocycles. The van der Waals surface area contributed by atoms with Crippen LogP contribution < -0.4 is 0 Å². The van der Waals surface area contributed by atoms with E-state index in [2.05, 4.69) is 0 Å². The Bertz CT molecular complexity index is 707. The van der Waals surface area contributed by atoms with E-state index in [1.54, 1.807) is 0 Å². The average Bonchev–Trinajstić information content (AvgIpc) is 2.58. The Balaban J connectivity index is 1.63. The Kier molecular flexibility index (Phi) is 6.87. The first-order chi connectivity index (χ1) is 12.8. The summed E-state index contributed by atoms with van der Waals surface area (Å²) < 4.78 is 10.1. The van der Waals surface area contributed by atoms with E-state index in [1.165, 1.54) is 24.3 Å². The highest BCUT2D eigenvalue weighted by Crippen LogP contribution is 2.22. The van der Waals surface area contributed by atoms with Crippen LogP contribution in [0.25, 0.3) is 0 Å². The van der Waals surface area contributed by atoms with Gasteiger partial charge in [0.2, 0.25) is 0 Å². The van der Waals surface area contributed by atoms with Crippen molar-refractivity contribution in [1.29, 1.82) is 0 Å². The van der Waals surface area contributed by atoms with Crippen LogP contribution in [0.2, 0.25) is 0 Å². The van der Waals surface area contributed by atoms with Gasteiger partial charge in [0.05, 0.1) is 24.3 Å². The number of carbonyl (C=O) groups is 2. The molecular weight excluding hydrogens is 356 g/mol. The number of phenols is 4. The van der Waals surface area contributed by atoms with Gasteiger partial charge in [0, 0.05) is 12.1 Å². The molecule has 4 N–H and O–H groups in total. The summed E-state index contributed by atoms with van der Waals surface area (Å²) in [5, 5.41) is 37.3. The van der Waals surface area contributed by atoms with Crippen LogP contribution in [0.3, 0.4) is 0 Å². The molecule has 27 heavy (non-hydrogen) atoms. The molecule has 8 nitrogen and oxygen atoms in total. The minimum atomic E-state index is -0.656. The zero-order valence-corrected chi connectivity index (χ0v) is 14.4. The first kappa shape index (κ1) is 19.9. The van der Waals surface area contributed by atoms with Crippen LogP contribution in [0, 0.1) is 0 Å². The number of hydrogen-bond donors (Lipinski definition) is 4. The van der Waals surface area contributed by atoms with Crippen molar-refractivity contribution < 1.29 is 39.5 Å². The average molecular weight is 376 g/mol. The molecule has 0 atom stereocenters. The Hall–Kier alpha value is -3.42. The van der Waals surface area contributed by atoms with Gasteiger partial charge in [-0.25, -0.2) is 9.59 Å². The molecule has 144 valence electrons. The third kappa shape index (κ3) is 6.43. The van der Waals surface area contributed by atoms with E-state index in [0.29, 0.717) is 19.3 Å². The molecule has 0 aliphatic heterocycles. The van der Waals surface area contributed by atoms with E-state index in [-0.39, 0.29) is 47.3 Å². The summed E-state index contributed by atoms with van der Waals surface area (Å²) in [6, 6.07) is 7.00. The van der Waals surface area contributed by atoms with Crippen LogP contribution in [0.1, 0.15) is 40.0 Å². The fourth-order valence-corrected chi connectivity index (χ4v) is 2.30. The van der Waals surface area contributed by atoms with Gasteiger partial charge in [0.15, 0.2) is 0 Å². The summed E-state index contributed by atoms with van der Waals surface area (Å²) in [7, 11) is 0. The Morgan fingerprint density at radius 2 is 0.926 bits per heavy atom. The van der Waals surface area contributed by atoms with Gasteiger partial charge in [-0.05, 0) is 43.5 Å². The molecule has 0 aromatic heterocycles. The molecular formula is C19H20O8. The van der Waals surface area contributed by atoms with Crippen molar-refractivity contribution in [2.45, 2.75) is 19.3 Å². The second-order valence-electron chi connectivity index (χ2n) is 5.81. The second kappa shape index (κ2) is 9.33. The number of hydrogen-bond acceptors (Lipinski definition) is 8. The van der Waals surface area contributed by atoms with Crippen molar-refractivity contribution in [2.24, 2.45) is 0 Å². The van der Waals surface area contributed by atoms with E-state index in [1.807, 2.05) is 0 Å². The van der Waals surface area contributed by atoms with E-state index < -0.39 is 11.9 Å². The first-order valence-electron chi connectivity index (χ1n) is 8.25. The maximum atomic E-state index is 11.8. The molecule has 0 fully saturated rings. The van der Waals surface area contributed by atoms with E-state index in [4.69, 9.17) is 9.47 Å². The van der Waals surface area contributed by atoms with Gasteiger partial charge in [0.1, 0.15) is 23.0 Å². The van der Waals surface area contributed by atoms with Crippen molar-refractivity contribution >= 4 is 11.9 Å². The lowest BCUT2D eigenvalue weighted by atomic mass is 10.2. The third-order valence-electron chi connectivity index (χ3n) is 3.53. The standard InChI is InChI=1S/C19H20O8/c20-14-6-12(7-15(21)10-14)18(24)26-4-2-1-3-5-27-19(25)13-8-16(22)11-17(23)9-13/h6-11,20-23H,1-5H2. The largest absolute Gasteiger partial charge is 0.508 e. The minimum absolute atomic E-state index is 0.0517. The fourth-order valence-electron chi connectivity index (χ4n) is 2.30. The van der Waals surface area contributed by atoms with Gasteiger partial charge in [0.25, 0.3) is 0 Å². The molecule has 0 radical (unpaired) electrons. The van der Waals surface area contributed by atoms with Crippen molar-refractivity contribution in [1.82, 2.24) is 0 Å². The van der Waals surface area contributed by atoms with Crippen molar-refractivity contribution in [3.05, 3.63) is 47.5 Å². The predicted molar refractivity (Wildman–Crippen MR) is 94.0 cm³/mol. The smallest absolute Gasteiger partial charge is 0.338 e. The number of aromatic hydroxyl groups is 4. The van der Waals surface area contributed by atoms with Crippen molar-refractivity contribution in [2.75, 3.05) is 13.2 Å². The Morgan fingerprint density at radius 3 is 1.26 bits per heavy atom. The number of esters is 2. The maximum absolute atomic E-state index is 11.8. The number of unbranched alkanes of at least 4 members (excludes halogenated alkanes) is 2. The number of rotatable bonds is 8. The molecule has 0 aliphatic carbocycles. The van der Waals surface area contributed by atoms with E-state index >= 15 is 0 Å². The zero-order chi connectivity index (χ0) is 19.8. The van der Waals surface area contributed by atoms with Gasteiger partial charge in [-0.1, -0.05) is 0 Å². The lowest BCUT2D eigenvalue weighted by Crippen LogP contribution is -2.08. The van der Waals surface area contributed by atoms with Crippen LogP contribution in [-0.2, 0) is 9.47 Å². The van der Waals surface area contributed by atoms with Crippen LogP contribution >= 0.6 is 0 Å². The molecule has 0 bridgehead atoms. The number of phenolic OH excluding ortho intramolecular Hbond substituents is 4. The molecule has 0 saturated heterocycles. The number of carbonyl (C=O) groups excluding carboxylic acids is 2. The van der Waals surface area contributed by atoms with Crippen LogP contribution in [0.4, 0.5) is 0 Å². The van der Waals surface area contributed by atoms with Gasteiger partial charge in [-0.3, -0.25) is 0 Å². The molecule has 0 aliphatic rings. The molecule has 2 aromatic rings. The highest BCUT2D eigenvalue weighted by atomic mass is 16.5. The van der Waals surface area contributed by atoms with Gasteiger partial charge in [-0.2, -0.15) is 0 Å². The number of benzene rings is 2. The molecule has 2 rings (SSSR count). The highest BCUT2D eigenvalue weighted by molar-refractivity contribution is 5.90. The summed E-state index contributed by atoms with van der Waals surface area (Å²) in [4.78, 5) is 23.6. The van der Waals surface area contributed by atoms with Crippen LogP contribution in [0.5, 0.6) is 23.0 Å². The van der Waals surface area contributed by atoms with Gasteiger partial charge >= 0.3 is 11.9 Å². The lowest BCUT2D eigenvalue weighted by molar-refractivity contribution is 0.0477. The monoisotopic (exact) mass is 376 g/mol. The Morgan fingerprint density at radius 1 is 0.593 bits per heavy atom. The van der Waals surface area contributed by atoms with Gasteiger partial charge < -0.3 is 29.9 Å².